The SMILES string of the molecule is Cc1ccc(C(=O)O)c(C(=O)OCCO)c1. The first-order chi connectivity index (χ1) is 7.56. The zero-order chi connectivity index (χ0) is 12.1. The Morgan fingerprint density at radius 1 is 1.31 bits per heavy atom. The predicted molar refractivity (Wildman–Crippen MR) is 55.5 cm³/mol. The molecule has 1 rings (SSSR count). The highest BCUT2D eigenvalue weighted by atomic mass is 16.5. The van der Waals surface area contributed by atoms with Crippen molar-refractivity contribution in [2.24, 2.45) is 0 Å². The monoisotopic (exact) mass is 224 g/mol. The van der Waals surface area contributed by atoms with Gasteiger partial charge in [-0.05, 0) is 19.1 Å². The second kappa shape index (κ2) is 5.27. The maximum Gasteiger partial charge on any atom is 0.339 e. The normalized spacial score (nSPS) is 9.88. The number of carbonyl (C=O) groups is 2. The number of aromatic carboxylic acids is 1. The Morgan fingerprint density at radius 3 is 2.56 bits per heavy atom. The van der Waals surface area contributed by atoms with E-state index in [9.17, 15) is 9.59 Å². The van der Waals surface area contributed by atoms with Crippen molar-refractivity contribution in [3.63, 3.8) is 0 Å². The third-order valence-corrected chi connectivity index (χ3v) is 1.95. The topological polar surface area (TPSA) is 83.8 Å². The molecule has 0 amide bonds. The van der Waals surface area contributed by atoms with E-state index in [1.807, 2.05) is 0 Å². The van der Waals surface area contributed by atoms with Crippen LogP contribution in [0.25, 0.3) is 0 Å². The first kappa shape index (κ1) is 12.2. The highest BCUT2D eigenvalue weighted by Crippen LogP contribution is 2.13. The van der Waals surface area contributed by atoms with Gasteiger partial charge in [-0.2, -0.15) is 0 Å². The number of hydrogen-bond acceptors (Lipinski definition) is 4. The van der Waals surface area contributed by atoms with Crippen LogP contribution in [0, 0.1) is 6.92 Å². The summed E-state index contributed by atoms with van der Waals surface area (Å²) in [5.41, 5.74) is 0.662. The van der Waals surface area contributed by atoms with Crippen molar-refractivity contribution >= 4 is 11.9 Å². The van der Waals surface area contributed by atoms with E-state index >= 15 is 0 Å². The van der Waals surface area contributed by atoms with Gasteiger partial charge in [0.05, 0.1) is 17.7 Å². The Kier molecular flexibility index (Phi) is 4.02. The maximum absolute atomic E-state index is 11.5. The summed E-state index contributed by atoms with van der Waals surface area (Å²) in [4.78, 5) is 22.3. The van der Waals surface area contributed by atoms with Crippen molar-refractivity contribution in [2.75, 3.05) is 13.2 Å². The average Bonchev–Trinajstić information content (AvgIpc) is 2.25. The van der Waals surface area contributed by atoms with E-state index in [1.54, 1.807) is 13.0 Å². The van der Waals surface area contributed by atoms with Crippen molar-refractivity contribution in [1.82, 2.24) is 0 Å². The zero-order valence-electron chi connectivity index (χ0n) is 8.77. The van der Waals surface area contributed by atoms with Gasteiger partial charge in [0.15, 0.2) is 0 Å². The molecule has 0 aliphatic carbocycles. The van der Waals surface area contributed by atoms with E-state index in [0.717, 1.165) is 5.56 Å². The molecule has 0 saturated heterocycles. The van der Waals surface area contributed by atoms with Crippen molar-refractivity contribution in [2.45, 2.75) is 6.92 Å². The molecule has 0 atom stereocenters. The Hall–Kier alpha value is -1.88. The van der Waals surface area contributed by atoms with Gasteiger partial charge in [-0.3, -0.25) is 0 Å². The number of rotatable bonds is 4. The summed E-state index contributed by atoms with van der Waals surface area (Å²) in [5.74, 6) is -1.92. The molecule has 5 nitrogen and oxygen atoms in total. The zero-order valence-corrected chi connectivity index (χ0v) is 8.77. The van der Waals surface area contributed by atoms with Crippen LogP contribution in [0.15, 0.2) is 18.2 Å². The lowest BCUT2D eigenvalue weighted by molar-refractivity contribution is 0.0426. The first-order valence-corrected chi connectivity index (χ1v) is 4.68. The Labute approximate surface area is 92.3 Å². The van der Waals surface area contributed by atoms with Crippen LogP contribution < -0.4 is 0 Å². The highest BCUT2D eigenvalue weighted by Gasteiger charge is 2.17. The molecule has 0 fully saturated rings. The largest absolute Gasteiger partial charge is 0.478 e. The fraction of sp³-hybridized carbons (Fsp3) is 0.273. The summed E-state index contributed by atoms with van der Waals surface area (Å²) < 4.78 is 4.67. The molecule has 0 saturated carbocycles. The quantitative estimate of drug-likeness (QED) is 0.740. The predicted octanol–water partition coefficient (Wildman–Crippen LogP) is 0.842. The molecule has 0 aliphatic rings. The number of aryl methyl sites for hydroxylation is 1. The lowest BCUT2D eigenvalue weighted by Crippen LogP contribution is -2.13. The van der Waals surface area contributed by atoms with Gasteiger partial charge in [-0.15, -0.1) is 0 Å². The van der Waals surface area contributed by atoms with Crippen molar-refractivity contribution in [1.29, 1.82) is 0 Å². The van der Waals surface area contributed by atoms with Crippen LogP contribution in [0.4, 0.5) is 0 Å². The van der Waals surface area contributed by atoms with Crippen LogP contribution in [0.3, 0.4) is 0 Å². The maximum atomic E-state index is 11.5. The summed E-state index contributed by atoms with van der Waals surface area (Å²) in [5, 5.41) is 17.4. The number of aliphatic hydroxyl groups excluding tert-OH is 1. The van der Waals surface area contributed by atoms with Gasteiger partial charge in [-0.25, -0.2) is 9.59 Å². The number of carboxylic acid groups (broad SMARTS) is 1. The van der Waals surface area contributed by atoms with Crippen LogP contribution in [0.1, 0.15) is 26.3 Å². The minimum absolute atomic E-state index is 0.000880. The summed E-state index contributed by atoms with van der Waals surface area (Å²) in [7, 11) is 0. The minimum atomic E-state index is -1.18. The van der Waals surface area contributed by atoms with E-state index < -0.39 is 11.9 Å². The standard InChI is InChI=1S/C11H12O5/c1-7-2-3-8(10(13)14)9(6-7)11(15)16-5-4-12/h2-3,6,12H,4-5H2,1H3,(H,13,14). The molecular formula is C11H12O5. The molecule has 0 unspecified atom stereocenters. The van der Waals surface area contributed by atoms with Crippen LogP contribution in [0.5, 0.6) is 0 Å². The summed E-state index contributed by atoms with van der Waals surface area (Å²) >= 11 is 0. The van der Waals surface area contributed by atoms with Gasteiger partial charge in [0, 0.05) is 0 Å². The van der Waals surface area contributed by atoms with Crippen LogP contribution in [-0.4, -0.2) is 35.4 Å². The van der Waals surface area contributed by atoms with E-state index in [-0.39, 0.29) is 24.3 Å². The average molecular weight is 224 g/mol. The van der Waals surface area contributed by atoms with Crippen molar-refractivity contribution in [3.05, 3.63) is 34.9 Å². The van der Waals surface area contributed by atoms with Gasteiger partial charge < -0.3 is 14.9 Å². The molecule has 86 valence electrons. The molecule has 2 N–H and O–H groups in total. The minimum Gasteiger partial charge on any atom is -0.478 e. The lowest BCUT2D eigenvalue weighted by atomic mass is 10.0. The Bertz CT molecular complexity index is 411. The van der Waals surface area contributed by atoms with Crippen molar-refractivity contribution < 1.29 is 24.5 Å². The lowest BCUT2D eigenvalue weighted by Gasteiger charge is -2.06. The highest BCUT2D eigenvalue weighted by molar-refractivity contribution is 6.02. The number of aliphatic hydroxyl groups is 1. The van der Waals surface area contributed by atoms with Crippen LogP contribution >= 0.6 is 0 Å². The van der Waals surface area contributed by atoms with Gasteiger partial charge in [0.25, 0.3) is 0 Å². The number of esters is 1. The van der Waals surface area contributed by atoms with Crippen LogP contribution in [0.2, 0.25) is 0 Å². The number of carboxylic acids is 1. The first-order valence-electron chi connectivity index (χ1n) is 4.68. The van der Waals surface area contributed by atoms with E-state index in [1.165, 1.54) is 12.1 Å². The number of ether oxygens (including phenoxy) is 1. The van der Waals surface area contributed by atoms with Gasteiger partial charge in [0.1, 0.15) is 6.61 Å². The van der Waals surface area contributed by atoms with Crippen LogP contribution in [-0.2, 0) is 4.74 Å². The summed E-state index contributed by atoms with van der Waals surface area (Å²) in [6.07, 6.45) is 0. The number of hydrogen-bond donors (Lipinski definition) is 2. The molecule has 5 heteroatoms. The third kappa shape index (κ3) is 2.80. The van der Waals surface area contributed by atoms with E-state index in [2.05, 4.69) is 4.74 Å². The Morgan fingerprint density at radius 2 is 2.00 bits per heavy atom. The number of carbonyl (C=O) groups excluding carboxylic acids is 1. The second-order valence-electron chi connectivity index (χ2n) is 3.21. The summed E-state index contributed by atoms with van der Waals surface area (Å²) in [6, 6.07) is 4.41. The van der Waals surface area contributed by atoms with Gasteiger partial charge in [0.2, 0.25) is 0 Å². The molecule has 0 aromatic heterocycles. The molecule has 0 radical (unpaired) electrons. The van der Waals surface area contributed by atoms with Crippen molar-refractivity contribution in [3.8, 4) is 0 Å². The molecule has 0 bridgehead atoms. The molecular weight excluding hydrogens is 212 g/mol. The number of benzene rings is 1. The fourth-order valence-corrected chi connectivity index (χ4v) is 1.23. The molecule has 0 spiro atoms. The molecule has 0 aliphatic heterocycles. The Balaban J connectivity index is 3.04. The molecule has 1 aromatic rings. The summed E-state index contributed by atoms with van der Waals surface area (Å²) in [6.45, 7) is 1.31. The smallest absolute Gasteiger partial charge is 0.339 e. The molecule has 0 heterocycles. The van der Waals surface area contributed by atoms with Gasteiger partial charge >= 0.3 is 11.9 Å². The van der Waals surface area contributed by atoms with E-state index in [0.29, 0.717) is 0 Å². The second-order valence-corrected chi connectivity index (χ2v) is 3.21. The fourth-order valence-electron chi connectivity index (χ4n) is 1.23. The molecule has 1 aromatic carbocycles. The third-order valence-electron chi connectivity index (χ3n) is 1.95. The van der Waals surface area contributed by atoms with Gasteiger partial charge in [-0.1, -0.05) is 11.6 Å². The van der Waals surface area contributed by atoms with E-state index in [4.69, 9.17) is 10.2 Å². The molecule has 16 heavy (non-hydrogen) atoms.